The van der Waals surface area contributed by atoms with Crippen LogP contribution in [0.5, 0.6) is 0 Å². The molecular formula is C8H13NO2. The number of carboxylic acids is 1. The number of carboxylic acid groups (broad SMARTS) is 1. The number of hydrogen-bond donors (Lipinski definition) is 2. The Bertz CT molecular complexity index is 185. The van der Waals surface area contributed by atoms with E-state index in [0.29, 0.717) is 0 Å². The van der Waals surface area contributed by atoms with Gasteiger partial charge in [0.2, 0.25) is 0 Å². The molecule has 0 aromatic rings. The highest BCUT2D eigenvalue weighted by atomic mass is 16.4. The summed E-state index contributed by atoms with van der Waals surface area (Å²) in [7, 11) is 0. The van der Waals surface area contributed by atoms with Gasteiger partial charge in [-0.05, 0) is 31.2 Å². The molecule has 1 aliphatic heterocycles. The van der Waals surface area contributed by atoms with Crippen molar-refractivity contribution >= 4 is 5.97 Å². The van der Waals surface area contributed by atoms with Gasteiger partial charge in [0.05, 0.1) is 5.92 Å². The normalized spacial score (nSPS) is 42.4. The van der Waals surface area contributed by atoms with E-state index in [-0.39, 0.29) is 11.3 Å². The van der Waals surface area contributed by atoms with Crippen molar-refractivity contribution in [3.05, 3.63) is 0 Å². The van der Waals surface area contributed by atoms with E-state index in [9.17, 15) is 4.79 Å². The number of carbonyl (C=O) groups is 1. The smallest absolute Gasteiger partial charge is 0.307 e. The van der Waals surface area contributed by atoms with Crippen molar-refractivity contribution in [3.8, 4) is 0 Å². The van der Waals surface area contributed by atoms with Gasteiger partial charge >= 0.3 is 5.97 Å². The van der Waals surface area contributed by atoms with Crippen molar-refractivity contribution in [1.29, 1.82) is 0 Å². The van der Waals surface area contributed by atoms with Crippen molar-refractivity contribution in [3.63, 3.8) is 0 Å². The lowest BCUT2D eigenvalue weighted by molar-refractivity contribution is -0.139. The molecule has 2 aliphatic rings. The first-order chi connectivity index (χ1) is 5.25. The van der Waals surface area contributed by atoms with E-state index >= 15 is 0 Å². The summed E-state index contributed by atoms with van der Waals surface area (Å²) in [4.78, 5) is 10.6. The van der Waals surface area contributed by atoms with Gasteiger partial charge in [-0.1, -0.05) is 0 Å². The minimum Gasteiger partial charge on any atom is -0.481 e. The molecule has 62 valence electrons. The quantitative estimate of drug-likeness (QED) is 0.578. The monoisotopic (exact) mass is 155 g/mol. The Hall–Kier alpha value is -0.570. The van der Waals surface area contributed by atoms with Crippen molar-refractivity contribution in [2.75, 3.05) is 13.1 Å². The van der Waals surface area contributed by atoms with E-state index in [0.717, 1.165) is 32.4 Å². The molecule has 1 saturated carbocycles. The Morgan fingerprint density at radius 3 is 2.91 bits per heavy atom. The molecular weight excluding hydrogens is 142 g/mol. The molecule has 2 rings (SSSR count). The molecule has 0 radical (unpaired) electrons. The van der Waals surface area contributed by atoms with Crippen LogP contribution in [-0.2, 0) is 4.79 Å². The Balaban J connectivity index is 1.99. The number of nitrogens with one attached hydrogen (secondary N) is 1. The number of aliphatic carboxylic acids is 1. The van der Waals surface area contributed by atoms with Crippen LogP contribution in [0.15, 0.2) is 0 Å². The highest BCUT2D eigenvalue weighted by molar-refractivity contribution is 5.74. The molecule has 3 nitrogen and oxygen atoms in total. The lowest BCUT2D eigenvalue weighted by Crippen LogP contribution is -2.33. The van der Waals surface area contributed by atoms with E-state index in [1.165, 1.54) is 0 Å². The van der Waals surface area contributed by atoms with Gasteiger partial charge in [-0.2, -0.15) is 0 Å². The van der Waals surface area contributed by atoms with E-state index < -0.39 is 5.97 Å². The van der Waals surface area contributed by atoms with Gasteiger partial charge in [-0.25, -0.2) is 0 Å². The molecule has 1 heterocycles. The highest BCUT2D eigenvalue weighted by Gasteiger charge is 2.58. The van der Waals surface area contributed by atoms with Crippen LogP contribution in [0.4, 0.5) is 0 Å². The van der Waals surface area contributed by atoms with Crippen LogP contribution in [0, 0.1) is 11.3 Å². The largest absolute Gasteiger partial charge is 0.481 e. The minimum atomic E-state index is -0.603. The Morgan fingerprint density at radius 1 is 1.64 bits per heavy atom. The average Bonchev–Trinajstić information content (AvgIpc) is 2.66. The molecule has 3 heteroatoms. The zero-order valence-electron chi connectivity index (χ0n) is 6.47. The second kappa shape index (κ2) is 2.21. The topological polar surface area (TPSA) is 49.3 Å². The van der Waals surface area contributed by atoms with E-state index in [2.05, 4.69) is 5.32 Å². The van der Waals surface area contributed by atoms with Gasteiger partial charge in [-0.3, -0.25) is 4.79 Å². The molecule has 1 aliphatic carbocycles. The van der Waals surface area contributed by atoms with E-state index in [4.69, 9.17) is 5.11 Å². The molecule has 0 aromatic carbocycles. The van der Waals surface area contributed by atoms with Crippen LogP contribution in [0.2, 0.25) is 0 Å². The zero-order valence-corrected chi connectivity index (χ0v) is 6.47. The lowest BCUT2D eigenvalue weighted by atomic mass is 9.94. The van der Waals surface area contributed by atoms with Crippen molar-refractivity contribution in [2.24, 2.45) is 11.3 Å². The summed E-state index contributed by atoms with van der Waals surface area (Å²) in [6.45, 7) is 1.98. The summed E-state index contributed by atoms with van der Waals surface area (Å²) in [5, 5.41) is 12.0. The molecule has 0 amide bonds. The summed E-state index contributed by atoms with van der Waals surface area (Å²) in [6, 6.07) is 0. The number of hydrogen-bond acceptors (Lipinski definition) is 2. The third-order valence-electron chi connectivity index (χ3n) is 2.99. The summed E-state index contributed by atoms with van der Waals surface area (Å²) < 4.78 is 0. The maximum absolute atomic E-state index is 10.6. The second-order valence-corrected chi connectivity index (χ2v) is 3.74. The van der Waals surface area contributed by atoms with Crippen molar-refractivity contribution in [2.45, 2.75) is 19.3 Å². The molecule has 2 N–H and O–H groups in total. The molecule has 2 unspecified atom stereocenters. The van der Waals surface area contributed by atoms with Crippen LogP contribution in [-0.4, -0.2) is 24.2 Å². The lowest BCUT2D eigenvalue weighted by Gasteiger charge is -2.22. The molecule has 2 atom stereocenters. The minimum absolute atomic E-state index is 0.0460. The maximum atomic E-state index is 10.6. The predicted molar refractivity (Wildman–Crippen MR) is 40.3 cm³/mol. The first kappa shape index (κ1) is 7.10. The van der Waals surface area contributed by atoms with Crippen molar-refractivity contribution < 1.29 is 9.90 Å². The zero-order chi connectivity index (χ0) is 7.90. The SMILES string of the molecule is O=C(O)C1CC12CCCNC2. The Morgan fingerprint density at radius 2 is 2.45 bits per heavy atom. The van der Waals surface area contributed by atoms with Gasteiger partial charge in [0.25, 0.3) is 0 Å². The molecule has 2 fully saturated rings. The summed E-state index contributed by atoms with van der Waals surface area (Å²) in [5.41, 5.74) is 0.157. The Kier molecular flexibility index (Phi) is 1.42. The fourth-order valence-corrected chi connectivity index (χ4v) is 2.16. The summed E-state index contributed by atoms with van der Waals surface area (Å²) in [6.07, 6.45) is 3.15. The molecule has 1 spiro atoms. The number of piperidine rings is 1. The first-order valence-corrected chi connectivity index (χ1v) is 4.18. The van der Waals surface area contributed by atoms with Gasteiger partial charge in [-0.15, -0.1) is 0 Å². The van der Waals surface area contributed by atoms with Gasteiger partial charge in [0.15, 0.2) is 0 Å². The molecule has 0 bridgehead atoms. The second-order valence-electron chi connectivity index (χ2n) is 3.74. The fraction of sp³-hybridized carbons (Fsp3) is 0.875. The maximum Gasteiger partial charge on any atom is 0.307 e. The number of rotatable bonds is 1. The van der Waals surface area contributed by atoms with Crippen LogP contribution in [0.3, 0.4) is 0 Å². The van der Waals surface area contributed by atoms with Gasteiger partial charge in [0.1, 0.15) is 0 Å². The van der Waals surface area contributed by atoms with Crippen molar-refractivity contribution in [1.82, 2.24) is 5.32 Å². The van der Waals surface area contributed by atoms with Gasteiger partial charge < -0.3 is 10.4 Å². The predicted octanol–water partition coefficient (Wildman–Crippen LogP) is 0.461. The Labute approximate surface area is 65.8 Å². The average molecular weight is 155 g/mol. The molecule has 11 heavy (non-hydrogen) atoms. The van der Waals surface area contributed by atoms with E-state index in [1.807, 2.05) is 0 Å². The van der Waals surface area contributed by atoms with Crippen LogP contribution < -0.4 is 5.32 Å². The first-order valence-electron chi connectivity index (χ1n) is 4.18. The van der Waals surface area contributed by atoms with E-state index in [1.54, 1.807) is 0 Å². The fourth-order valence-electron chi connectivity index (χ4n) is 2.16. The summed E-state index contributed by atoms with van der Waals surface area (Å²) >= 11 is 0. The highest BCUT2D eigenvalue weighted by Crippen LogP contribution is 2.56. The molecule has 1 saturated heterocycles. The third kappa shape index (κ3) is 1.03. The molecule has 0 aromatic heterocycles. The van der Waals surface area contributed by atoms with Crippen LogP contribution >= 0.6 is 0 Å². The third-order valence-corrected chi connectivity index (χ3v) is 2.99. The van der Waals surface area contributed by atoms with Gasteiger partial charge in [0, 0.05) is 6.54 Å². The standard InChI is InChI=1S/C8H13NO2/c10-7(11)6-4-8(6)2-1-3-9-5-8/h6,9H,1-5H2,(H,10,11). The van der Waals surface area contributed by atoms with Crippen LogP contribution in [0.25, 0.3) is 0 Å². The van der Waals surface area contributed by atoms with Crippen LogP contribution in [0.1, 0.15) is 19.3 Å². The summed E-state index contributed by atoms with van der Waals surface area (Å²) in [5.74, 6) is -0.649.